The molecule has 3 rings (SSSR count). The third kappa shape index (κ3) is 2.44. The summed E-state index contributed by atoms with van der Waals surface area (Å²) in [6, 6.07) is 4.38. The lowest BCUT2D eigenvalue weighted by atomic mass is 9.85. The number of aliphatic hydroxyl groups is 1. The molecule has 3 atom stereocenters. The van der Waals surface area contributed by atoms with Gasteiger partial charge in [-0.15, -0.1) is 0 Å². The van der Waals surface area contributed by atoms with Gasteiger partial charge in [-0.05, 0) is 47.2 Å². The lowest BCUT2D eigenvalue weighted by Gasteiger charge is -2.31. The van der Waals surface area contributed by atoms with Crippen LogP contribution in [0.1, 0.15) is 32.2 Å². The van der Waals surface area contributed by atoms with E-state index in [0.29, 0.717) is 12.0 Å². The monoisotopic (exact) mass is 338 g/mol. The topological polar surface area (TPSA) is 47.3 Å². The molecule has 108 valence electrons. The highest BCUT2D eigenvalue weighted by Crippen LogP contribution is 2.34. The van der Waals surface area contributed by atoms with Crippen LogP contribution in [-0.4, -0.2) is 28.1 Å². The minimum absolute atomic E-state index is 0.162. The van der Waals surface area contributed by atoms with Crippen molar-refractivity contribution >= 4 is 26.8 Å². The van der Waals surface area contributed by atoms with Crippen molar-refractivity contribution in [2.24, 2.45) is 5.92 Å². The van der Waals surface area contributed by atoms with Gasteiger partial charge in [0, 0.05) is 17.6 Å². The van der Waals surface area contributed by atoms with Crippen LogP contribution in [0.5, 0.6) is 5.75 Å². The van der Waals surface area contributed by atoms with Gasteiger partial charge in [0.15, 0.2) is 0 Å². The number of halogens is 1. The first kappa shape index (κ1) is 13.9. The van der Waals surface area contributed by atoms with E-state index in [-0.39, 0.29) is 6.10 Å². The molecule has 0 radical (unpaired) electrons. The number of aliphatic hydroxyl groups excluding tert-OH is 1. The number of hydrogen-bond acceptors (Lipinski definition) is 3. The number of hydrogen-bond donors (Lipinski definition) is 1. The standard InChI is InChI=1S/C15H19BrN2O2/c1-9-5-11(3-4-14(9)19)18-8-10-6-12(16)15(20-2)7-13(10)17-18/h6-9,11,14,19H,3-5H2,1-2H3/t9-,11+,14-/m0/s1. The van der Waals surface area contributed by atoms with Crippen molar-refractivity contribution < 1.29 is 9.84 Å². The smallest absolute Gasteiger partial charge is 0.135 e. The molecule has 1 saturated carbocycles. The maximum absolute atomic E-state index is 9.83. The molecule has 0 spiro atoms. The summed E-state index contributed by atoms with van der Waals surface area (Å²) in [7, 11) is 1.66. The van der Waals surface area contributed by atoms with E-state index in [1.54, 1.807) is 7.11 Å². The van der Waals surface area contributed by atoms with Gasteiger partial charge in [-0.3, -0.25) is 4.68 Å². The van der Waals surface area contributed by atoms with Crippen molar-refractivity contribution in [3.8, 4) is 5.75 Å². The lowest BCUT2D eigenvalue weighted by molar-refractivity contribution is 0.0574. The van der Waals surface area contributed by atoms with Crippen molar-refractivity contribution in [1.29, 1.82) is 0 Å². The first-order chi connectivity index (χ1) is 9.58. The summed E-state index contributed by atoms with van der Waals surface area (Å²) in [5, 5.41) is 15.6. The summed E-state index contributed by atoms with van der Waals surface area (Å²) in [6.45, 7) is 2.11. The Kier molecular flexibility index (Phi) is 3.73. The number of rotatable bonds is 2. The molecule has 0 aliphatic heterocycles. The third-order valence-electron chi connectivity index (χ3n) is 4.27. The van der Waals surface area contributed by atoms with E-state index in [4.69, 9.17) is 4.74 Å². The summed E-state index contributed by atoms with van der Waals surface area (Å²) in [5.41, 5.74) is 0.948. The van der Waals surface area contributed by atoms with Gasteiger partial charge in [0.05, 0.1) is 29.2 Å². The average molecular weight is 339 g/mol. The van der Waals surface area contributed by atoms with Crippen LogP contribution in [0.3, 0.4) is 0 Å². The number of ether oxygens (including phenoxy) is 1. The molecule has 1 aromatic carbocycles. The Bertz CT molecular complexity index is 626. The molecule has 1 aliphatic rings. The van der Waals surface area contributed by atoms with Gasteiger partial charge in [-0.25, -0.2) is 0 Å². The first-order valence-corrected chi connectivity index (χ1v) is 7.78. The molecule has 0 amide bonds. The molecule has 20 heavy (non-hydrogen) atoms. The number of aromatic nitrogens is 2. The second-order valence-electron chi connectivity index (χ2n) is 5.67. The van der Waals surface area contributed by atoms with Crippen molar-refractivity contribution in [2.45, 2.75) is 38.3 Å². The predicted molar refractivity (Wildman–Crippen MR) is 82.0 cm³/mol. The molecule has 0 unspecified atom stereocenters. The maximum Gasteiger partial charge on any atom is 0.135 e. The van der Waals surface area contributed by atoms with Crippen LogP contribution in [0.25, 0.3) is 10.9 Å². The van der Waals surface area contributed by atoms with Crippen molar-refractivity contribution in [3.05, 3.63) is 22.8 Å². The number of nitrogens with zero attached hydrogens (tertiary/aromatic N) is 2. The number of methoxy groups -OCH3 is 1. The third-order valence-corrected chi connectivity index (χ3v) is 4.89. The highest BCUT2D eigenvalue weighted by Gasteiger charge is 2.27. The van der Waals surface area contributed by atoms with E-state index in [1.807, 2.05) is 12.1 Å². The fourth-order valence-corrected chi connectivity index (χ4v) is 3.50. The molecule has 1 aliphatic carbocycles. The molecule has 5 heteroatoms. The van der Waals surface area contributed by atoms with Crippen LogP contribution in [0, 0.1) is 5.92 Å². The molecular formula is C15H19BrN2O2. The van der Waals surface area contributed by atoms with Gasteiger partial charge in [0.2, 0.25) is 0 Å². The fraction of sp³-hybridized carbons (Fsp3) is 0.533. The number of fused-ring (bicyclic) bond motifs is 1. The zero-order valence-corrected chi connectivity index (χ0v) is 13.3. The summed E-state index contributed by atoms with van der Waals surface area (Å²) < 4.78 is 8.31. The Hall–Kier alpha value is -1.07. The molecule has 1 fully saturated rings. The molecule has 1 aromatic heterocycles. The second-order valence-corrected chi connectivity index (χ2v) is 6.52. The van der Waals surface area contributed by atoms with E-state index in [2.05, 4.69) is 38.8 Å². The molecule has 4 nitrogen and oxygen atoms in total. The highest BCUT2D eigenvalue weighted by atomic mass is 79.9. The van der Waals surface area contributed by atoms with E-state index in [9.17, 15) is 5.11 Å². The van der Waals surface area contributed by atoms with Crippen LogP contribution in [-0.2, 0) is 0 Å². The Morgan fingerprint density at radius 1 is 1.40 bits per heavy atom. The van der Waals surface area contributed by atoms with Crippen molar-refractivity contribution in [3.63, 3.8) is 0 Å². The average Bonchev–Trinajstić information content (AvgIpc) is 2.83. The van der Waals surface area contributed by atoms with Gasteiger partial charge < -0.3 is 9.84 Å². The first-order valence-electron chi connectivity index (χ1n) is 6.99. The second kappa shape index (κ2) is 5.37. The van der Waals surface area contributed by atoms with Gasteiger partial charge in [-0.2, -0.15) is 5.10 Å². The van der Waals surface area contributed by atoms with Crippen LogP contribution in [0.4, 0.5) is 0 Å². The molecular weight excluding hydrogens is 320 g/mol. The van der Waals surface area contributed by atoms with E-state index >= 15 is 0 Å². The maximum atomic E-state index is 9.83. The van der Waals surface area contributed by atoms with Gasteiger partial charge in [0.25, 0.3) is 0 Å². The molecule has 0 bridgehead atoms. The lowest BCUT2D eigenvalue weighted by Crippen LogP contribution is -2.28. The quantitative estimate of drug-likeness (QED) is 0.911. The van der Waals surface area contributed by atoms with Gasteiger partial charge in [0.1, 0.15) is 5.75 Å². The van der Waals surface area contributed by atoms with Crippen molar-refractivity contribution in [1.82, 2.24) is 9.78 Å². The summed E-state index contributed by atoms with van der Waals surface area (Å²) in [6.07, 6.45) is 4.75. The highest BCUT2D eigenvalue weighted by molar-refractivity contribution is 9.10. The zero-order chi connectivity index (χ0) is 14.3. The van der Waals surface area contributed by atoms with Crippen LogP contribution < -0.4 is 4.74 Å². The van der Waals surface area contributed by atoms with Gasteiger partial charge >= 0.3 is 0 Å². The summed E-state index contributed by atoms with van der Waals surface area (Å²) in [4.78, 5) is 0. The normalized spacial score (nSPS) is 26.9. The molecule has 1 N–H and O–H groups in total. The van der Waals surface area contributed by atoms with Crippen LogP contribution >= 0.6 is 15.9 Å². The van der Waals surface area contributed by atoms with Crippen molar-refractivity contribution in [2.75, 3.05) is 7.11 Å². The minimum atomic E-state index is -0.162. The Morgan fingerprint density at radius 2 is 2.20 bits per heavy atom. The molecule has 2 aromatic rings. The SMILES string of the molecule is COc1cc2nn([C@@H]3CC[C@H](O)[C@@H](C)C3)cc2cc1Br. The Morgan fingerprint density at radius 3 is 2.90 bits per heavy atom. The number of benzene rings is 1. The van der Waals surface area contributed by atoms with E-state index < -0.39 is 0 Å². The zero-order valence-electron chi connectivity index (χ0n) is 11.7. The van der Waals surface area contributed by atoms with Crippen LogP contribution in [0.15, 0.2) is 22.8 Å². The predicted octanol–water partition coefficient (Wildman–Crippen LogP) is 3.53. The minimum Gasteiger partial charge on any atom is -0.495 e. The van der Waals surface area contributed by atoms with E-state index in [1.165, 1.54) is 0 Å². The summed E-state index contributed by atoms with van der Waals surface area (Å²) in [5.74, 6) is 1.14. The fourth-order valence-electron chi connectivity index (χ4n) is 2.98. The van der Waals surface area contributed by atoms with Gasteiger partial charge in [-0.1, -0.05) is 6.92 Å². The molecule has 0 saturated heterocycles. The summed E-state index contributed by atoms with van der Waals surface area (Å²) >= 11 is 3.51. The van der Waals surface area contributed by atoms with Crippen LogP contribution in [0.2, 0.25) is 0 Å². The largest absolute Gasteiger partial charge is 0.495 e. The van der Waals surface area contributed by atoms with E-state index in [0.717, 1.165) is 40.4 Å². The Balaban J connectivity index is 1.93. The Labute approximate surface area is 126 Å². The molecule has 1 heterocycles.